The largest absolute Gasteiger partial charge is 0.460 e. The SMILES string of the molecule is CC(C)(C)NCC(OC(=O)C(C)(C)C)c1ccc(OC(=O)C(C)(C)C)c(COC(=O)C(C)(C)C)c1. The number of hydrogen-bond acceptors (Lipinski definition) is 7. The van der Waals surface area contributed by atoms with Gasteiger partial charge in [0, 0.05) is 17.6 Å². The van der Waals surface area contributed by atoms with E-state index in [-0.39, 0.29) is 24.1 Å². The number of carbonyl (C=O) groups excluding carboxylic acids is 3. The van der Waals surface area contributed by atoms with Crippen molar-refractivity contribution in [3.05, 3.63) is 29.3 Å². The second-order valence-electron chi connectivity index (χ2n) is 13.1. The molecule has 1 atom stereocenters. The van der Waals surface area contributed by atoms with Gasteiger partial charge in [-0.25, -0.2) is 0 Å². The molecule has 198 valence electrons. The fraction of sp³-hybridized carbons (Fsp3) is 0.679. The first-order chi connectivity index (χ1) is 15.6. The fourth-order valence-electron chi connectivity index (χ4n) is 2.56. The summed E-state index contributed by atoms with van der Waals surface area (Å²) in [6, 6.07) is 5.20. The van der Waals surface area contributed by atoms with Gasteiger partial charge in [0.15, 0.2) is 0 Å². The molecule has 0 aliphatic heterocycles. The first-order valence-corrected chi connectivity index (χ1v) is 12.1. The number of benzene rings is 1. The molecule has 0 aliphatic rings. The van der Waals surface area contributed by atoms with Crippen molar-refractivity contribution in [2.75, 3.05) is 6.54 Å². The number of hydrogen-bond donors (Lipinski definition) is 1. The van der Waals surface area contributed by atoms with Gasteiger partial charge in [-0.05, 0) is 101 Å². The lowest BCUT2D eigenvalue weighted by Gasteiger charge is -2.28. The van der Waals surface area contributed by atoms with Crippen molar-refractivity contribution in [3.8, 4) is 5.75 Å². The number of nitrogens with one attached hydrogen (secondary N) is 1. The Labute approximate surface area is 211 Å². The monoisotopic (exact) mass is 491 g/mol. The summed E-state index contributed by atoms with van der Waals surface area (Å²) < 4.78 is 17.1. The Morgan fingerprint density at radius 3 is 1.74 bits per heavy atom. The molecular weight excluding hydrogens is 446 g/mol. The second kappa shape index (κ2) is 11.1. The van der Waals surface area contributed by atoms with Crippen LogP contribution in [0.15, 0.2) is 18.2 Å². The van der Waals surface area contributed by atoms with Gasteiger partial charge in [0.2, 0.25) is 0 Å². The standard InChI is InChI=1S/C28H45NO6/c1-25(2,3)22(30)33-17-19-15-18(13-14-20(19)34-23(31)26(4,5)6)21(16-29-28(10,11)12)35-24(32)27(7,8)9/h13-15,21,29H,16-17H2,1-12H3. The summed E-state index contributed by atoms with van der Waals surface area (Å²) >= 11 is 0. The highest BCUT2D eigenvalue weighted by Crippen LogP contribution is 2.30. The van der Waals surface area contributed by atoms with Crippen molar-refractivity contribution >= 4 is 17.9 Å². The van der Waals surface area contributed by atoms with Crippen LogP contribution in [0.1, 0.15) is 100 Å². The molecule has 1 aromatic carbocycles. The highest BCUT2D eigenvalue weighted by Gasteiger charge is 2.30. The van der Waals surface area contributed by atoms with Crippen LogP contribution in [0, 0.1) is 16.2 Å². The predicted octanol–water partition coefficient (Wildman–Crippen LogP) is 5.75. The molecule has 0 saturated heterocycles. The first-order valence-electron chi connectivity index (χ1n) is 12.1. The molecule has 0 radical (unpaired) electrons. The van der Waals surface area contributed by atoms with Gasteiger partial charge < -0.3 is 19.5 Å². The van der Waals surface area contributed by atoms with Gasteiger partial charge in [-0.2, -0.15) is 0 Å². The Hall–Kier alpha value is -2.41. The van der Waals surface area contributed by atoms with Crippen molar-refractivity contribution in [1.29, 1.82) is 0 Å². The van der Waals surface area contributed by atoms with Crippen LogP contribution in [0.2, 0.25) is 0 Å². The van der Waals surface area contributed by atoms with Crippen molar-refractivity contribution in [2.45, 2.75) is 101 Å². The Bertz CT molecular complexity index is 907. The molecule has 0 bridgehead atoms. The highest BCUT2D eigenvalue weighted by atomic mass is 16.6. The number of ether oxygens (including phenoxy) is 3. The zero-order valence-corrected chi connectivity index (χ0v) is 23.7. The minimum atomic E-state index is -0.709. The highest BCUT2D eigenvalue weighted by molar-refractivity contribution is 5.78. The average Bonchev–Trinajstić information content (AvgIpc) is 2.66. The normalized spacial score (nSPS) is 13.7. The molecule has 0 amide bonds. The third kappa shape index (κ3) is 10.4. The Kier molecular flexibility index (Phi) is 9.72. The second-order valence-corrected chi connectivity index (χ2v) is 13.1. The zero-order valence-electron chi connectivity index (χ0n) is 23.7. The van der Waals surface area contributed by atoms with Gasteiger partial charge in [0.25, 0.3) is 0 Å². The molecule has 0 heterocycles. The van der Waals surface area contributed by atoms with Crippen LogP contribution in [-0.2, 0) is 30.5 Å². The van der Waals surface area contributed by atoms with E-state index in [1.165, 1.54) is 0 Å². The Balaban J connectivity index is 3.41. The third-order valence-electron chi connectivity index (χ3n) is 4.92. The Morgan fingerprint density at radius 1 is 0.771 bits per heavy atom. The molecule has 0 aromatic heterocycles. The summed E-state index contributed by atoms with van der Waals surface area (Å²) in [5.74, 6) is -0.804. The molecule has 0 fully saturated rings. The maximum Gasteiger partial charge on any atom is 0.316 e. The van der Waals surface area contributed by atoms with E-state index in [0.717, 1.165) is 0 Å². The van der Waals surface area contributed by atoms with E-state index in [0.29, 0.717) is 23.4 Å². The zero-order chi connectivity index (χ0) is 27.4. The summed E-state index contributed by atoms with van der Waals surface area (Å²) in [6.07, 6.45) is -0.592. The van der Waals surface area contributed by atoms with Gasteiger partial charge in [-0.1, -0.05) is 6.07 Å². The van der Waals surface area contributed by atoms with Crippen molar-refractivity contribution in [2.24, 2.45) is 16.2 Å². The van der Waals surface area contributed by atoms with E-state index in [1.54, 1.807) is 80.5 Å². The molecule has 0 saturated carbocycles. The van der Waals surface area contributed by atoms with Crippen LogP contribution in [0.25, 0.3) is 0 Å². The number of rotatable bonds is 7. The molecule has 7 heteroatoms. The van der Waals surface area contributed by atoms with Gasteiger partial charge in [0.1, 0.15) is 18.5 Å². The van der Waals surface area contributed by atoms with E-state index < -0.39 is 28.3 Å². The Morgan fingerprint density at radius 2 is 1.29 bits per heavy atom. The minimum absolute atomic E-state index is 0.0800. The van der Waals surface area contributed by atoms with E-state index in [1.807, 2.05) is 20.8 Å². The number of carbonyl (C=O) groups is 3. The van der Waals surface area contributed by atoms with Crippen LogP contribution in [0.5, 0.6) is 5.75 Å². The van der Waals surface area contributed by atoms with Crippen molar-refractivity contribution in [3.63, 3.8) is 0 Å². The molecular formula is C28H45NO6. The smallest absolute Gasteiger partial charge is 0.316 e. The fourth-order valence-corrected chi connectivity index (χ4v) is 2.56. The molecule has 7 nitrogen and oxygen atoms in total. The van der Waals surface area contributed by atoms with Gasteiger partial charge >= 0.3 is 17.9 Å². The topological polar surface area (TPSA) is 90.9 Å². The average molecular weight is 492 g/mol. The molecule has 1 unspecified atom stereocenters. The van der Waals surface area contributed by atoms with E-state index in [2.05, 4.69) is 5.32 Å². The van der Waals surface area contributed by atoms with Crippen LogP contribution < -0.4 is 10.1 Å². The van der Waals surface area contributed by atoms with E-state index in [4.69, 9.17) is 14.2 Å². The lowest BCUT2D eigenvalue weighted by molar-refractivity contribution is -0.159. The van der Waals surface area contributed by atoms with Gasteiger partial charge in [0.05, 0.1) is 16.2 Å². The molecule has 1 rings (SSSR count). The maximum atomic E-state index is 12.7. The van der Waals surface area contributed by atoms with E-state index >= 15 is 0 Å². The quantitative estimate of drug-likeness (QED) is 0.384. The lowest BCUT2D eigenvalue weighted by atomic mass is 9.96. The van der Waals surface area contributed by atoms with Gasteiger partial charge in [-0.3, -0.25) is 14.4 Å². The summed E-state index contributed by atoms with van der Waals surface area (Å²) in [4.78, 5) is 37.7. The third-order valence-corrected chi connectivity index (χ3v) is 4.92. The molecule has 1 aromatic rings. The molecule has 35 heavy (non-hydrogen) atoms. The van der Waals surface area contributed by atoms with E-state index in [9.17, 15) is 14.4 Å². The van der Waals surface area contributed by atoms with Crippen LogP contribution in [0.3, 0.4) is 0 Å². The molecule has 1 N–H and O–H groups in total. The van der Waals surface area contributed by atoms with Crippen LogP contribution in [0.4, 0.5) is 0 Å². The summed E-state index contributed by atoms with van der Waals surface area (Å²) in [5, 5.41) is 3.39. The molecule has 0 aliphatic carbocycles. The van der Waals surface area contributed by atoms with Crippen molar-refractivity contribution < 1.29 is 28.6 Å². The first kappa shape index (κ1) is 30.6. The van der Waals surface area contributed by atoms with Crippen molar-refractivity contribution in [1.82, 2.24) is 5.32 Å². The minimum Gasteiger partial charge on any atom is -0.460 e. The lowest BCUT2D eigenvalue weighted by Crippen LogP contribution is -2.40. The predicted molar refractivity (Wildman–Crippen MR) is 137 cm³/mol. The summed E-state index contributed by atoms with van der Waals surface area (Å²) in [5.41, 5.74) is -1.03. The molecule has 0 spiro atoms. The summed E-state index contributed by atoms with van der Waals surface area (Å²) in [7, 11) is 0. The van der Waals surface area contributed by atoms with Crippen LogP contribution in [-0.4, -0.2) is 30.0 Å². The maximum absolute atomic E-state index is 12.7. The summed E-state index contributed by atoms with van der Waals surface area (Å²) in [6.45, 7) is 22.4. The van der Waals surface area contributed by atoms with Crippen LogP contribution >= 0.6 is 0 Å². The number of esters is 3. The van der Waals surface area contributed by atoms with Gasteiger partial charge in [-0.15, -0.1) is 0 Å².